The summed E-state index contributed by atoms with van der Waals surface area (Å²) >= 11 is 1.16. The number of methoxy groups -OCH3 is 1. The van der Waals surface area contributed by atoms with E-state index in [9.17, 15) is 18.4 Å². The molecule has 1 N–H and O–H groups in total. The minimum atomic E-state index is -3.00. The van der Waals surface area contributed by atoms with Crippen LogP contribution in [-0.4, -0.2) is 29.9 Å². The zero-order valence-electron chi connectivity index (χ0n) is 22.3. The lowest BCUT2D eigenvalue weighted by atomic mass is 9.80. The van der Waals surface area contributed by atoms with Crippen molar-refractivity contribution in [1.82, 2.24) is 4.57 Å². The van der Waals surface area contributed by atoms with Crippen molar-refractivity contribution < 1.29 is 27.8 Å². The average molecular weight is 578 g/mol. The van der Waals surface area contributed by atoms with Gasteiger partial charge in [-0.2, -0.15) is 8.78 Å². The molecule has 1 amide bonds. The summed E-state index contributed by atoms with van der Waals surface area (Å²) in [5, 5.41) is 3.01. The van der Waals surface area contributed by atoms with E-state index in [1.165, 1.54) is 19.2 Å². The first kappa shape index (κ1) is 26.7. The molecule has 0 fully saturated rings. The maximum Gasteiger partial charge on any atom is 0.387 e. The highest BCUT2D eigenvalue weighted by atomic mass is 32.1. The van der Waals surface area contributed by atoms with Gasteiger partial charge in [-0.25, -0.2) is 4.99 Å². The second-order valence-corrected chi connectivity index (χ2v) is 10.9. The molecular weight excluding hydrogens is 552 g/mol. The second-order valence-electron chi connectivity index (χ2n) is 9.89. The van der Waals surface area contributed by atoms with Crippen molar-refractivity contribution in [2.45, 2.75) is 32.2 Å². The molecule has 6 rings (SSSR count). The molecule has 210 valence electrons. The number of amides is 1. The van der Waals surface area contributed by atoms with Gasteiger partial charge < -0.3 is 19.5 Å². The number of carbonyl (C=O) groups excluding carboxylic acids is 1. The molecule has 0 spiro atoms. The maximum atomic E-state index is 13.9. The van der Waals surface area contributed by atoms with E-state index in [0.29, 0.717) is 31.9 Å². The van der Waals surface area contributed by atoms with Crippen molar-refractivity contribution >= 4 is 29.0 Å². The summed E-state index contributed by atoms with van der Waals surface area (Å²) in [6.45, 7) is 0.651. The van der Waals surface area contributed by atoms with E-state index < -0.39 is 24.3 Å². The van der Waals surface area contributed by atoms with Crippen LogP contribution in [0.5, 0.6) is 17.2 Å². The fourth-order valence-corrected chi connectivity index (χ4v) is 6.48. The molecule has 0 unspecified atom stereocenters. The van der Waals surface area contributed by atoms with Gasteiger partial charge in [-0.1, -0.05) is 53.8 Å². The summed E-state index contributed by atoms with van der Waals surface area (Å²) in [5.41, 5.74) is 1.19. The van der Waals surface area contributed by atoms with Crippen LogP contribution in [0.1, 0.15) is 29.7 Å². The first-order valence-corrected chi connectivity index (χ1v) is 13.6. The molecule has 11 heteroatoms. The predicted molar refractivity (Wildman–Crippen MR) is 149 cm³/mol. The second kappa shape index (κ2) is 10.2. The lowest BCUT2D eigenvalue weighted by molar-refractivity contribution is -0.131. The third-order valence-electron chi connectivity index (χ3n) is 7.27. The highest BCUT2D eigenvalue weighted by Gasteiger charge is 2.55. The van der Waals surface area contributed by atoms with Crippen LogP contribution in [0.4, 0.5) is 14.5 Å². The number of fused-ring (bicyclic) bond motifs is 6. The van der Waals surface area contributed by atoms with Crippen LogP contribution in [0.25, 0.3) is 6.08 Å². The van der Waals surface area contributed by atoms with Gasteiger partial charge in [0, 0.05) is 11.3 Å². The van der Waals surface area contributed by atoms with Crippen LogP contribution in [-0.2, 0) is 4.79 Å². The molecule has 2 aliphatic rings. The molecule has 3 heterocycles. The van der Waals surface area contributed by atoms with Crippen LogP contribution in [0.3, 0.4) is 0 Å². The van der Waals surface area contributed by atoms with Gasteiger partial charge in [-0.05, 0) is 55.3 Å². The normalized spacial score (nSPS) is 20.9. The number of nitrogens with zero attached hydrogens (tertiary/aromatic N) is 2. The van der Waals surface area contributed by atoms with Gasteiger partial charge >= 0.3 is 6.61 Å². The Kier molecular flexibility index (Phi) is 6.61. The number of hydrogen-bond acceptors (Lipinski definition) is 7. The zero-order chi connectivity index (χ0) is 28.9. The van der Waals surface area contributed by atoms with Crippen molar-refractivity contribution in [2.75, 3.05) is 12.4 Å². The summed E-state index contributed by atoms with van der Waals surface area (Å²) < 4.78 is 43.5. The van der Waals surface area contributed by atoms with Gasteiger partial charge in [0.1, 0.15) is 11.7 Å². The zero-order valence-corrected chi connectivity index (χ0v) is 23.1. The SMILES string of the molecule is COc1cc(/C=c2\sc3n(c2=O)[C@H]2c4ccccc4O[C@](C)(N=3)[C@H]2C(=O)Nc2ccccc2C)ccc1OC(F)F. The van der Waals surface area contributed by atoms with Crippen LogP contribution in [0.2, 0.25) is 0 Å². The number of thiazole rings is 1. The Balaban J connectivity index is 1.48. The highest BCUT2D eigenvalue weighted by molar-refractivity contribution is 7.07. The quantitative estimate of drug-likeness (QED) is 0.370. The van der Waals surface area contributed by atoms with Gasteiger partial charge in [0.25, 0.3) is 5.56 Å². The molecule has 0 saturated heterocycles. The highest BCUT2D eigenvalue weighted by Crippen LogP contribution is 2.47. The number of halogens is 2. The van der Waals surface area contributed by atoms with Crippen molar-refractivity contribution in [1.29, 1.82) is 0 Å². The van der Waals surface area contributed by atoms with Crippen LogP contribution < -0.4 is 34.4 Å². The number of carbonyl (C=O) groups is 1. The van der Waals surface area contributed by atoms with Crippen LogP contribution >= 0.6 is 11.3 Å². The van der Waals surface area contributed by atoms with E-state index in [1.807, 2.05) is 49.4 Å². The molecule has 8 nitrogen and oxygen atoms in total. The summed E-state index contributed by atoms with van der Waals surface area (Å²) in [5.74, 6) is -0.634. The van der Waals surface area contributed by atoms with Crippen LogP contribution in [0, 0.1) is 12.8 Å². The lowest BCUT2D eigenvalue weighted by Gasteiger charge is -2.45. The number of hydrogen-bond donors (Lipinski definition) is 1. The molecule has 4 aromatic rings. The number of para-hydroxylation sites is 2. The lowest BCUT2D eigenvalue weighted by Crippen LogP contribution is -2.59. The molecule has 0 saturated carbocycles. The third-order valence-corrected chi connectivity index (χ3v) is 8.25. The third kappa shape index (κ3) is 4.65. The Hall–Kier alpha value is -4.51. The Labute approximate surface area is 237 Å². The predicted octanol–water partition coefficient (Wildman–Crippen LogP) is 4.24. The molecule has 0 aliphatic carbocycles. The number of aryl methyl sites for hydroxylation is 1. The van der Waals surface area contributed by atoms with E-state index in [1.54, 1.807) is 29.7 Å². The summed E-state index contributed by atoms with van der Waals surface area (Å²) in [6, 6.07) is 18.5. The van der Waals surface area contributed by atoms with Crippen LogP contribution in [0.15, 0.2) is 76.5 Å². The minimum absolute atomic E-state index is 0.101. The monoisotopic (exact) mass is 577 g/mol. The van der Waals surface area contributed by atoms with Crippen molar-refractivity contribution in [3.8, 4) is 17.2 Å². The molecule has 3 aromatic carbocycles. The number of alkyl halides is 2. The van der Waals surface area contributed by atoms with Gasteiger partial charge in [-0.3, -0.25) is 14.2 Å². The fraction of sp³-hybridized carbons (Fsp3) is 0.233. The first-order chi connectivity index (χ1) is 19.7. The number of ether oxygens (including phenoxy) is 3. The van der Waals surface area contributed by atoms with Gasteiger partial charge in [0.05, 0.1) is 17.7 Å². The standard InChI is InChI=1S/C30H25F2N3O5S/c1-16-8-4-6-10-19(16)33-26(36)24-25-18-9-5-7-11-20(18)40-30(24,2)34-29-35(25)27(37)23(41-29)15-17-12-13-21(39-28(31)32)22(14-17)38-3/h4-15,24-25,28H,1-3H3,(H,33,36)/b23-15-/t24-,25+,30+/m1/s1. The Morgan fingerprint density at radius 2 is 1.90 bits per heavy atom. The average Bonchev–Trinajstić information content (AvgIpc) is 3.22. The fourth-order valence-electron chi connectivity index (χ4n) is 5.39. The van der Waals surface area contributed by atoms with E-state index in [0.717, 1.165) is 16.9 Å². The van der Waals surface area contributed by atoms with E-state index in [2.05, 4.69) is 10.1 Å². The minimum Gasteiger partial charge on any atom is -0.493 e. The van der Waals surface area contributed by atoms with Crippen molar-refractivity contribution in [3.63, 3.8) is 0 Å². The largest absolute Gasteiger partial charge is 0.493 e. The molecule has 0 radical (unpaired) electrons. The topological polar surface area (TPSA) is 91.2 Å². The maximum absolute atomic E-state index is 13.9. The Morgan fingerprint density at radius 1 is 1.15 bits per heavy atom. The Bertz CT molecular complexity index is 1850. The molecule has 2 bridgehead atoms. The molecule has 2 aliphatic heterocycles. The number of anilines is 1. The van der Waals surface area contributed by atoms with E-state index in [-0.39, 0.29) is 23.0 Å². The number of rotatable bonds is 6. The van der Waals surface area contributed by atoms with E-state index in [4.69, 9.17) is 14.5 Å². The van der Waals surface area contributed by atoms with Gasteiger partial charge in [0.15, 0.2) is 16.3 Å². The summed E-state index contributed by atoms with van der Waals surface area (Å²) in [4.78, 5) is 33.1. The Morgan fingerprint density at radius 3 is 2.66 bits per heavy atom. The number of benzene rings is 3. The van der Waals surface area contributed by atoms with Gasteiger partial charge in [0.2, 0.25) is 11.6 Å². The van der Waals surface area contributed by atoms with E-state index >= 15 is 0 Å². The summed E-state index contributed by atoms with van der Waals surface area (Å²) in [7, 11) is 1.34. The first-order valence-electron chi connectivity index (χ1n) is 12.8. The summed E-state index contributed by atoms with van der Waals surface area (Å²) in [6.07, 6.45) is 1.63. The van der Waals surface area contributed by atoms with Crippen molar-refractivity contribution in [3.05, 3.63) is 103 Å². The van der Waals surface area contributed by atoms with Crippen molar-refractivity contribution in [2.24, 2.45) is 10.9 Å². The molecule has 1 aromatic heterocycles. The molecule has 3 atom stereocenters. The molecule has 41 heavy (non-hydrogen) atoms. The van der Waals surface area contributed by atoms with Gasteiger partial charge in [-0.15, -0.1) is 0 Å². The number of aromatic nitrogens is 1. The number of nitrogens with one attached hydrogen (secondary N) is 1. The molecular formula is C30H25F2N3O5S. The smallest absolute Gasteiger partial charge is 0.387 e.